The van der Waals surface area contributed by atoms with Crippen LogP contribution in [0.4, 0.5) is 0 Å². The zero-order valence-corrected chi connectivity index (χ0v) is 13.1. The third-order valence-corrected chi connectivity index (χ3v) is 4.35. The first-order valence-corrected chi connectivity index (χ1v) is 8.28. The first kappa shape index (κ1) is 16.0. The second-order valence-corrected chi connectivity index (χ2v) is 6.22. The molecule has 0 aromatic heterocycles. The Balaban J connectivity index is 1.60. The number of nitrogens with one attached hydrogen (secondary N) is 2. The molecule has 1 amide bonds. The third-order valence-electron chi connectivity index (χ3n) is 4.35. The molecule has 0 bridgehead atoms. The van der Waals surface area contributed by atoms with Crippen molar-refractivity contribution in [3.8, 4) is 0 Å². The minimum Gasteiger partial charge on any atom is -0.354 e. The molecule has 3 nitrogen and oxygen atoms in total. The molecule has 2 rings (SSSR count). The molecule has 0 aliphatic carbocycles. The Labute approximate surface area is 128 Å². The molecule has 3 heteroatoms. The van der Waals surface area contributed by atoms with Gasteiger partial charge in [0.05, 0.1) is 0 Å². The summed E-state index contributed by atoms with van der Waals surface area (Å²) in [4.78, 5) is 12.0. The highest BCUT2D eigenvalue weighted by Crippen LogP contribution is 2.17. The van der Waals surface area contributed by atoms with Crippen molar-refractivity contribution in [3.63, 3.8) is 0 Å². The SMILES string of the molecule is CC(CCc1ccccc1)NC(=O)CCC1CCNCC1. The van der Waals surface area contributed by atoms with E-state index in [1.165, 1.54) is 18.4 Å². The van der Waals surface area contributed by atoms with Crippen molar-refractivity contribution in [2.24, 2.45) is 5.92 Å². The van der Waals surface area contributed by atoms with Gasteiger partial charge in [0.25, 0.3) is 0 Å². The van der Waals surface area contributed by atoms with E-state index in [4.69, 9.17) is 0 Å². The van der Waals surface area contributed by atoms with Crippen LogP contribution in [0.15, 0.2) is 30.3 Å². The highest BCUT2D eigenvalue weighted by molar-refractivity contribution is 5.76. The van der Waals surface area contributed by atoms with E-state index in [0.29, 0.717) is 6.42 Å². The predicted octanol–water partition coefficient (Wildman–Crippen LogP) is 2.90. The Bertz CT molecular complexity index is 412. The maximum atomic E-state index is 12.0. The van der Waals surface area contributed by atoms with E-state index in [1.54, 1.807) is 0 Å². The number of rotatable bonds is 7. The van der Waals surface area contributed by atoms with Crippen LogP contribution in [0.1, 0.15) is 44.6 Å². The number of carbonyl (C=O) groups excluding carboxylic acids is 1. The van der Waals surface area contributed by atoms with Gasteiger partial charge in [-0.25, -0.2) is 0 Å². The van der Waals surface area contributed by atoms with Crippen LogP contribution >= 0.6 is 0 Å². The molecule has 1 aliphatic rings. The van der Waals surface area contributed by atoms with E-state index in [1.807, 2.05) is 6.07 Å². The second kappa shape index (κ2) is 8.83. The summed E-state index contributed by atoms with van der Waals surface area (Å²) in [6, 6.07) is 10.7. The summed E-state index contributed by atoms with van der Waals surface area (Å²) in [5.74, 6) is 0.950. The van der Waals surface area contributed by atoms with Gasteiger partial charge in [-0.15, -0.1) is 0 Å². The molecule has 0 radical (unpaired) electrons. The molecule has 1 unspecified atom stereocenters. The van der Waals surface area contributed by atoms with E-state index in [0.717, 1.165) is 38.3 Å². The van der Waals surface area contributed by atoms with Crippen LogP contribution in [-0.2, 0) is 11.2 Å². The third kappa shape index (κ3) is 6.30. The van der Waals surface area contributed by atoms with Gasteiger partial charge in [-0.1, -0.05) is 30.3 Å². The van der Waals surface area contributed by atoms with Crippen molar-refractivity contribution in [2.45, 2.75) is 51.5 Å². The number of hydrogen-bond donors (Lipinski definition) is 2. The fourth-order valence-corrected chi connectivity index (χ4v) is 2.95. The first-order chi connectivity index (χ1) is 10.2. The second-order valence-electron chi connectivity index (χ2n) is 6.22. The normalized spacial score (nSPS) is 17.4. The molecule has 1 saturated heterocycles. The van der Waals surface area contributed by atoms with Crippen molar-refractivity contribution in [2.75, 3.05) is 13.1 Å². The van der Waals surface area contributed by atoms with Crippen molar-refractivity contribution in [3.05, 3.63) is 35.9 Å². The molecule has 2 N–H and O–H groups in total. The summed E-state index contributed by atoms with van der Waals surface area (Å²) < 4.78 is 0. The Morgan fingerprint density at radius 3 is 2.71 bits per heavy atom. The van der Waals surface area contributed by atoms with Crippen molar-refractivity contribution in [1.82, 2.24) is 10.6 Å². The van der Waals surface area contributed by atoms with Gasteiger partial charge in [0, 0.05) is 12.5 Å². The van der Waals surface area contributed by atoms with Crippen LogP contribution < -0.4 is 10.6 Å². The molecule has 116 valence electrons. The minimum absolute atomic E-state index is 0.217. The molecule has 21 heavy (non-hydrogen) atoms. The van der Waals surface area contributed by atoms with Gasteiger partial charge in [-0.05, 0) is 63.6 Å². The summed E-state index contributed by atoms with van der Waals surface area (Å²) in [5.41, 5.74) is 1.34. The summed E-state index contributed by atoms with van der Waals surface area (Å²) >= 11 is 0. The first-order valence-electron chi connectivity index (χ1n) is 8.28. The quantitative estimate of drug-likeness (QED) is 0.810. The van der Waals surface area contributed by atoms with Crippen LogP contribution in [0.25, 0.3) is 0 Å². The molecule has 1 heterocycles. The zero-order valence-electron chi connectivity index (χ0n) is 13.1. The molecule has 1 aromatic carbocycles. The molecule has 1 fully saturated rings. The van der Waals surface area contributed by atoms with Gasteiger partial charge in [-0.3, -0.25) is 4.79 Å². The summed E-state index contributed by atoms with van der Waals surface area (Å²) in [6.07, 6.45) is 6.19. The Morgan fingerprint density at radius 2 is 2.00 bits per heavy atom. The van der Waals surface area contributed by atoms with Crippen molar-refractivity contribution >= 4 is 5.91 Å². The molecular weight excluding hydrogens is 260 g/mol. The van der Waals surface area contributed by atoms with Crippen LogP contribution in [0.2, 0.25) is 0 Å². The average Bonchev–Trinajstić information content (AvgIpc) is 2.53. The minimum atomic E-state index is 0.217. The highest BCUT2D eigenvalue weighted by atomic mass is 16.1. The number of hydrogen-bond acceptors (Lipinski definition) is 2. The molecule has 0 saturated carbocycles. The smallest absolute Gasteiger partial charge is 0.220 e. The standard InChI is InChI=1S/C18H28N2O/c1-15(7-8-16-5-3-2-4-6-16)20-18(21)10-9-17-11-13-19-14-12-17/h2-6,15,17,19H,7-14H2,1H3,(H,20,21). The number of carbonyl (C=O) groups is 1. The van der Waals surface area contributed by atoms with Gasteiger partial charge in [-0.2, -0.15) is 0 Å². The molecular formula is C18H28N2O. The number of aryl methyl sites for hydroxylation is 1. The lowest BCUT2D eigenvalue weighted by Gasteiger charge is -2.22. The number of amides is 1. The lowest BCUT2D eigenvalue weighted by atomic mass is 9.93. The maximum absolute atomic E-state index is 12.0. The number of benzene rings is 1. The van der Waals surface area contributed by atoms with E-state index in [9.17, 15) is 4.79 Å². The zero-order chi connectivity index (χ0) is 14.9. The summed E-state index contributed by atoms with van der Waals surface area (Å²) in [5, 5.41) is 6.50. The Hall–Kier alpha value is -1.35. The van der Waals surface area contributed by atoms with Gasteiger partial charge in [0.15, 0.2) is 0 Å². The van der Waals surface area contributed by atoms with E-state index in [2.05, 4.69) is 41.8 Å². The van der Waals surface area contributed by atoms with Gasteiger partial charge in [0.1, 0.15) is 0 Å². The van der Waals surface area contributed by atoms with Crippen LogP contribution in [0, 0.1) is 5.92 Å². The fourth-order valence-electron chi connectivity index (χ4n) is 2.95. The summed E-state index contributed by atoms with van der Waals surface area (Å²) in [7, 11) is 0. The molecule has 1 atom stereocenters. The Kier molecular flexibility index (Phi) is 6.74. The molecule has 1 aliphatic heterocycles. The fraction of sp³-hybridized carbons (Fsp3) is 0.611. The number of piperidine rings is 1. The Morgan fingerprint density at radius 1 is 1.29 bits per heavy atom. The highest BCUT2D eigenvalue weighted by Gasteiger charge is 2.15. The van der Waals surface area contributed by atoms with Gasteiger partial charge in [0.2, 0.25) is 5.91 Å². The monoisotopic (exact) mass is 288 g/mol. The van der Waals surface area contributed by atoms with E-state index < -0.39 is 0 Å². The van der Waals surface area contributed by atoms with Gasteiger partial charge >= 0.3 is 0 Å². The topological polar surface area (TPSA) is 41.1 Å². The van der Waals surface area contributed by atoms with E-state index >= 15 is 0 Å². The largest absolute Gasteiger partial charge is 0.354 e. The lowest BCUT2D eigenvalue weighted by Crippen LogP contribution is -2.34. The molecule has 1 aromatic rings. The predicted molar refractivity (Wildman–Crippen MR) is 87.2 cm³/mol. The van der Waals surface area contributed by atoms with Crippen LogP contribution in [0.5, 0.6) is 0 Å². The van der Waals surface area contributed by atoms with Crippen molar-refractivity contribution in [1.29, 1.82) is 0 Å². The summed E-state index contributed by atoms with van der Waals surface area (Å²) in [6.45, 7) is 4.32. The molecule has 0 spiro atoms. The van der Waals surface area contributed by atoms with Crippen molar-refractivity contribution < 1.29 is 4.79 Å². The average molecular weight is 288 g/mol. The van der Waals surface area contributed by atoms with Gasteiger partial charge < -0.3 is 10.6 Å². The van der Waals surface area contributed by atoms with Crippen LogP contribution in [0.3, 0.4) is 0 Å². The maximum Gasteiger partial charge on any atom is 0.220 e. The van der Waals surface area contributed by atoms with E-state index in [-0.39, 0.29) is 11.9 Å². The van der Waals surface area contributed by atoms with Crippen LogP contribution in [-0.4, -0.2) is 25.0 Å². The lowest BCUT2D eigenvalue weighted by molar-refractivity contribution is -0.122.